The number of nitrogens with zero attached hydrogens (tertiary/aromatic N) is 2. The number of carbonyl (C=O) groups excluding carboxylic acids is 3. The highest BCUT2D eigenvalue weighted by Crippen LogP contribution is 2.26. The lowest BCUT2D eigenvalue weighted by Gasteiger charge is -2.29. The van der Waals surface area contributed by atoms with Crippen molar-refractivity contribution in [3.63, 3.8) is 0 Å². The predicted molar refractivity (Wildman–Crippen MR) is 109 cm³/mol. The van der Waals surface area contributed by atoms with Gasteiger partial charge in [-0.2, -0.15) is 0 Å². The zero-order valence-corrected chi connectivity index (χ0v) is 18.5. The van der Waals surface area contributed by atoms with Gasteiger partial charge in [0.1, 0.15) is 23.3 Å². The number of carbonyl (C=O) groups is 3. The fourth-order valence-corrected chi connectivity index (χ4v) is 2.94. The summed E-state index contributed by atoms with van der Waals surface area (Å²) in [7, 11) is 0. The molecule has 0 spiro atoms. The van der Waals surface area contributed by atoms with E-state index >= 15 is 0 Å². The maximum atomic E-state index is 12.7. The molecular weight excluding hydrogens is 408 g/mol. The number of benzene rings is 1. The van der Waals surface area contributed by atoms with Crippen molar-refractivity contribution in [2.75, 3.05) is 6.54 Å². The van der Waals surface area contributed by atoms with Gasteiger partial charge in [-0.3, -0.25) is 15.0 Å². The molecule has 10 nitrogen and oxygen atoms in total. The first kappa shape index (κ1) is 24.1. The number of likely N-dealkylation sites (tertiary alicyclic amines) is 1. The van der Waals surface area contributed by atoms with Crippen molar-refractivity contribution >= 4 is 23.7 Å². The Balaban J connectivity index is 2.15. The van der Waals surface area contributed by atoms with E-state index in [1.165, 1.54) is 29.2 Å². The average Bonchev–Trinajstić information content (AvgIpc) is 3.03. The third-order valence-corrected chi connectivity index (χ3v) is 4.16. The quantitative estimate of drug-likeness (QED) is 0.304. The van der Waals surface area contributed by atoms with E-state index in [-0.39, 0.29) is 24.2 Å². The number of rotatable bonds is 4. The van der Waals surface area contributed by atoms with Crippen molar-refractivity contribution in [1.82, 2.24) is 4.90 Å². The van der Waals surface area contributed by atoms with E-state index in [1.807, 2.05) is 0 Å². The monoisotopic (exact) mass is 436 g/mol. The molecule has 31 heavy (non-hydrogen) atoms. The normalized spacial score (nSPS) is 19.0. The second kappa shape index (κ2) is 8.91. The Labute approximate surface area is 180 Å². The van der Waals surface area contributed by atoms with E-state index in [4.69, 9.17) is 14.2 Å². The fraction of sp³-hybridized carbons (Fsp3) is 0.571. The smallest absolute Gasteiger partial charge is 0.411 e. The van der Waals surface area contributed by atoms with E-state index in [2.05, 4.69) is 0 Å². The van der Waals surface area contributed by atoms with Crippen molar-refractivity contribution in [2.45, 2.75) is 71.3 Å². The maximum absolute atomic E-state index is 12.7. The molecule has 0 radical (unpaired) electrons. The number of esters is 2. The second-order valence-electron chi connectivity index (χ2n) is 9.25. The van der Waals surface area contributed by atoms with Gasteiger partial charge < -0.3 is 14.2 Å². The van der Waals surface area contributed by atoms with Gasteiger partial charge in [0.2, 0.25) is 0 Å². The highest BCUT2D eigenvalue weighted by atomic mass is 16.6. The molecule has 0 saturated carbocycles. The number of hydrogen-bond acceptors (Lipinski definition) is 8. The maximum Gasteiger partial charge on any atom is 0.411 e. The molecule has 1 aromatic carbocycles. The number of hydrogen-bond donors (Lipinski definition) is 0. The number of ether oxygens (including phenoxy) is 3. The minimum absolute atomic E-state index is 0.0441. The lowest BCUT2D eigenvalue weighted by atomic mass is 10.1. The van der Waals surface area contributed by atoms with E-state index in [0.717, 1.165) is 0 Å². The van der Waals surface area contributed by atoms with E-state index < -0.39 is 46.3 Å². The van der Waals surface area contributed by atoms with Crippen LogP contribution in [0.2, 0.25) is 0 Å². The van der Waals surface area contributed by atoms with E-state index in [9.17, 15) is 24.5 Å². The van der Waals surface area contributed by atoms with Crippen LogP contribution >= 0.6 is 0 Å². The van der Waals surface area contributed by atoms with Crippen LogP contribution in [0, 0.1) is 10.1 Å². The molecule has 10 heteroatoms. The van der Waals surface area contributed by atoms with Crippen LogP contribution in [0.3, 0.4) is 0 Å². The second-order valence-corrected chi connectivity index (χ2v) is 9.25. The van der Waals surface area contributed by atoms with Crippen LogP contribution in [-0.4, -0.2) is 57.7 Å². The van der Waals surface area contributed by atoms with Crippen LogP contribution in [-0.2, 0) is 19.0 Å². The lowest BCUT2D eigenvalue weighted by Crippen LogP contribution is -2.45. The molecule has 0 aliphatic carbocycles. The van der Waals surface area contributed by atoms with Crippen LogP contribution in [0.4, 0.5) is 10.5 Å². The van der Waals surface area contributed by atoms with Gasteiger partial charge in [0, 0.05) is 18.6 Å². The molecule has 1 aromatic rings. The minimum Gasteiger partial charge on any atom is -0.458 e. The topological polar surface area (TPSA) is 125 Å². The predicted octanol–water partition coefficient (Wildman–Crippen LogP) is 3.47. The van der Waals surface area contributed by atoms with Gasteiger partial charge in [-0.1, -0.05) is 0 Å². The third-order valence-electron chi connectivity index (χ3n) is 4.16. The number of non-ortho nitro benzene ring substituents is 1. The molecule has 2 rings (SSSR count). The van der Waals surface area contributed by atoms with Crippen LogP contribution in [0.25, 0.3) is 0 Å². The Bertz CT molecular complexity index is 816. The first-order chi connectivity index (χ1) is 14.2. The average molecular weight is 436 g/mol. The van der Waals surface area contributed by atoms with Gasteiger partial charge in [-0.15, -0.1) is 0 Å². The minimum atomic E-state index is -0.969. The van der Waals surface area contributed by atoms with Crippen molar-refractivity contribution < 1.29 is 33.5 Å². The lowest BCUT2D eigenvalue weighted by molar-refractivity contribution is -0.384. The van der Waals surface area contributed by atoms with Gasteiger partial charge in [-0.25, -0.2) is 14.4 Å². The molecular formula is C21H28N2O8. The van der Waals surface area contributed by atoms with Crippen molar-refractivity contribution in [2.24, 2.45) is 0 Å². The van der Waals surface area contributed by atoms with Gasteiger partial charge in [0.25, 0.3) is 5.69 Å². The third kappa shape index (κ3) is 6.94. The number of amides is 1. The standard InChI is InChI=1S/C21H28N2O8/c1-20(2,3)30-18(25)16-11-15(12-22(16)19(26)31-21(4,5)6)29-17(24)13-7-9-14(10-8-13)23(27)28/h7-10,15-16H,11-12H2,1-6H3/t15-,16-/m0/s1. The Morgan fingerprint density at radius 1 is 1.00 bits per heavy atom. The summed E-state index contributed by atoms with van der Waals surface area (Å²) < 4.78 is 16.2. The number of nitro groups is 1. The zero-order valence-electron chi connectivity index (χ0n) is 18.5. The van der Waals surface area contributed by atoms with Gasteiger partial charge in [0.05, 0.1) is 17.0 Å². The van der Waals surface area contributed by atoms with E-state index in [0.29, 0.717) is 0 Å². The Kier molecular flexibility index (Phi) is 6.93. The molecule has 170 valence electrons. The van der Waals surface area contributed by atoms with Crippen LogP contribution in [0.1, 0.15) is 58.3 Å². The summed E-state index contributed by atoms with van der Waals surface area (Å²) in [6.45, 7) is 10.2. The summed E-state index contributed by atoms with van der Waals surface area (Å²) >= 11 is 0. The van der Waals surface area contributed by atoms with Gasteiger partial charge in [-0.05, 0) is 53.7 Å². The Morgan fingerprint density at radius 2 is 1.55 bits per heavy atom. The van der Waals surface area contributed by atoms with Crippen LogP contribution < -0.4 is 0 Å². The summed E-state index contributed by atoms with van der Waals surface area (Å²) in [6, 6.07) is 3.99. The summed E-state index contributed by atoms with van der Waals surface area (Å²) in [5.41, 5.74) is -1.57. The van der Waals surface area contributed by atoms with Crippen molar-refractivity contribution in [3.8, 4) is 0 Å². The summed E-state index contributed by atoms with van der Waals surface area (Å²) in [6.07, 6.45) is -1.43. The summed E-state index contributed by atoms with van der Waals surface area (Å²) in [4.78, 5) is 49.1. The first-order valence-electron chi connectivity index (χ1n) is 9.84. The molecule has 1 saturated heterocycles. The van der Waals surface area contributed by atoms with Crippen molar-refractivity contribution in [1.29, 1.82) is 0 Å². The molecule has 1 amide bonds. The highest BCUT2D eigenvalue weighted by Gasteiger charge is 2.45. The molecule has 2 atom stereocenters. The SMILES string of the molecule is CC(C)(C)OC(=O)[C@@H]1C[C@H](OC(=O)c2ccc([N+](=O)[O-])cc2)CN1C(=O)OC(C)(C)C. The van der Waals surface area contributed by atoms with E-state index in [1.54, 1.807) is 41.5 Å². The fourth-order valence-electron chi connectivity index (χ4n) is 2.94. The number of nitro benzene ring substituents is 1. The summed E-state index contributed by atoms with van der Waals surface area (Å²) in [5.74, 6) is -1.33. The largest absolute Gasteiger partial charge is 0.458 e. The van der Waals surface area contributed by atoms with Crippen molar-refractivity contribution in [3.05, 3.63) is 39.9 Å². The summed E-state index contributed by atoms with van der Waals surface area (Å²) in [5, 5.41) is 10.8. The highest BCUT2D eigenvalue weighted by molar-refractivity contribution is 5.90. The van der Waals surface area contributed by atoms with Crippen LogP contribution in [0.15, 0.2) is 24.3 Å². The first-order valence-corrected chi connectivity index (χ1v) is 9.84. The van der Waals surface area contributed by atoms with Gasteiger partial charge in [0.15, 0.2) is 0 Å². The Hall–Kier alpha value is -3.17. The molecule has 0 aromatic heterocycles. The molecule has 1 fully saturated rings. The zero-order chi connectivity index (χ0) is 23.6. The van der Waals surface area contributed by atoms with Gasteiger partial charge >= 0.3 is 18.0 Å². The molecule has 1 heterocycles. The molecule has 1 aliphatic heterocycles. The Morgan fingerprint density at radius 3 is 2.03 bits per heavy atom. The van der Waals surface area contributed by atoms with Crippen LogP contribution in [0.5, 0.6) is 0 Å². The molecule has 0 bridgehead atoms. The molecule has 0 unspecified atom stereocenters. The molecule has 1 aliphatic rings. The molecule has 0 N–H and O–H groups in total.